The van der Waals surface area contributed by atoms with Crippen molar-refractivity contribution in [2.45, 2.75) is 74.4 Å². The minimum absolute atomic E-state index is 0.149. The second-order valence-electron chi connectivity index (χ2n) is 8.42. The fourth-order valence-corrected chi connectivity index (χ4v) is 4.65. The van der Waals surface area contributed by atoms with Crippen LogP contribution >= 0.6 is 11.8 Å². The lowest BCUT2D eigenvalue weighted by Crippen LogP contribution is -2.61. The molecule has 0 spiro atoms. The Morgan fingerprint density at radius 3 is 2.56 bits per heavy atom. The number of nitrogens with one attached hydrogen (secondary N) is 1. The zero-order valence-electron chi connectivity index (χ0n) is 16.0. The van der Waals surface area contributed by atoms with E-state index < -0.39 is 0 Å². The van der Waals surface area contributed by atoms with Crippen LogP contribution < -0.4 is 5.32 Å². The van der Waals surface area contributed by atoms with Gasteiger partial charge in [0.1, 0.15) is 12.1 Å². The molecule has 0 aliphatic carbocycles. The smallest absolute Gasteiger partial charge is 0.198 e. The van der Waals surface area contributed by atoms with Gasteiger partial charge >= 0.3 is 0 Å². The van der Waals surface area contributed by atoms with E-state index in [9.17, 15) is 0 Å². The summed E-state index contributed by atoms with van der Waals surface area (Å²) in [6.45, 7) is 9.97. The summed E-state index contributed by atoms with van der Waals surface area (Å²) >= 11 is 1.50. The normalized spacial score (nSPS) is 20.3. The van der Waals surface area contributed by atoms with Crippen LogP contribution in [0, 0.1) is 0 Å². The summed E-state index contributed by atoms with van der Waals surface area (Å²) in [5.41, 5.74) is 0.298. The molecule has 1 fully saturated rings. The van der Waals surface area contributed by atoms with E-state index in [1.165, 1.54) is 11.8 Å². The summed E-state index contributed by atoms with van der Waals surface area (Å²) in [7, 11) is 4.13. The molecule has 1 aliphatic heterocycles. The molecule has 2 aromatic rings. The Hall–Kier alpha value is -1.31. The molecule has 0 unspecified atom stereocenters. The van der Waals surface area contributed by atoms with E-state index in [1.807, 2.05) is 17.7 Å². The molecule has 0 aromatic carbocycles. The second kappa shape index (κ2) is 6.78. The van der Waals surface area contributed by atoms with E-state index in [-0.39, 0.29) is 11.1 Å². The maximum Gasteiger partial charge on any atom is 0.198 e. The Balaban J connectivity index is 1.63. The highest BCUT2D eigenvalue weighted by Gasteiger charge is 2.39. The molecular weight excluding hydrogens is 334 g/mol. The molecule has 0 saturated carbocycles. The van der Waals surface area contributed by atoms with Crippen LogP contribution in [0.5, 0.6) is 0 Å². The Morgan fingerprint density at radius 1 is 1.28 bits per heavy atom. The third-order valence-corrected chi connectivity index (χ3v) is 5.67. The van der Waals surface area contributed by atoms with Gasteiger partial charge < -0.3 is 14.3 Å². The molecule has 3 rings (SSSR count). The van der Waals surface area contributed by atoms with Crippen molar-refractivity contribution in [3.8, 4) is 0 Å². The molecular formula is C18H29N5OS. The van der Waals surface area contributed by atoms with Crippen molar-refractivity contribution in [3.63, 3.8) is 0 Å². The Bertz CT molecular complexity index is 705. The van der Waals surface area contributed by atoms with Crippen molar-refractivity contribution in [2.24, 2.45) is 7.05 Å². The van der Waals surface area contributed by atoms with Crippen molar-refractivity contribution in [2.75, 3.05) is 7.05 Å². The van der Waals surface area contributed by atoms with E-state index in [0.29, 0.717) is 6.04 Å². The van der Waals surface area contributed by atoms with Crippen LogP contribution in [0.15, 0.2) is 33.1 Å². The average Bonchev–Trinajstić information content (AvgIpc) is 3.06. The number of aromatic nitrogens is 3. The van der Waals surface area contributed by atoms with E-state index in [4.69, 9.17) is 4.42 Å². The van der Waals surface area contributed by atoms with Gasteiger partial charge in [-0.15, -0.1) is 10.2 Å². The lowest BCUT2D eigenvalue weighted by Gasteiger charge is -2.49. The highest BCUT2D eigenvalue weighted by atomic mass is 32.2. The van der Waals surface area contributed by atoms with Crippen molar-refractivity contribution in [1.29, 1.82) is 0 Å². The van der Waals surface area contributed by atoms with Gasteiger partial charge in [-0.3, -0.25) is 4.90 Å². The molecule has 0 bridgehead atoms. The summed E-state index contributed by atoms with van der Waals surface area (Å²) in [5, 5.41) is 13.4. The van der Waals surface area contributed by atoms with Gasteiger partial charge in [0.15, 0.2) is 10.2 Å². The van der Waals surface area contributed by atoms with Crippen molar-refractivity contribution >= 4 is 11.8 Å². The van der Waals surface area contributed by atoms with Gasteiger partial charge in [0.05, 0.1) is 6.54 Å². The summed E-state index contributed by atoms with van der Waals surface area (Å²) < 4.78 is 7.89. The fraction of sp³-hybridized carbons (Fsp3) is 0.667. The maximum atomic E-state index is 6.00. The number of hydrogen-bond acceptors (Lipinski definition) is 6. The first-order valence-corrected chi connectivity index (χ1v) is 9.55. The van der Waals surface area contributed by atoms with Crippen LogP contribution in [0.4, 0.5) is 0 Å². The number of rotatable bonds is 5. The van der Waals surface area contributed by atoms with Gasteiger partial charge in [0, 0.05) is 24.2 Å². The Labute approximate surface area is 154 Å². The van der Waals surface area contributed by atoms with Crippen molar-refractivity contribution in [1.82, 2.24) is 25.0 Å². The standard InChI is InChI=1S/C18H29N5OS/c1-17(2)9-13(10-18(3,4)21-17)22(5)11-14-7-8-15(24-14)25-16-20-19-12-23(16)6/h7-8,12-13,21H,9-11H2,1-6H3. The summed E-state index contributed by atoms with van der Waals surface area (Å²) in [4.78, 5) is 2.42. The minimum Gasteiger partial charge on any atom is -0.453 e. The lowest BCUT2D eigenvalue weighted by atomic mass is 9.79. The summed E-state index contributed by atoms with van der Waals surface area (Å²) in [5.74, 6) is 0.987. The largest absolute Gasteiger partial charge is 0.453 e. The van der Waals surface area contributed by atoms with Crippen LogP contribution in [0.2, 0.25) is 0 Å². The third kappa shape index (κ3) is 4.65. The first-order valence-electron chi connectivity index (χ1n) is 8.74. The van der Waals surface area contributed by atoms with Gasteiger partial charge in [0.2, 0.25) is 0 Å². The number of hydrogen-bond donors (Lipinski definition) is 1. The van der Waals surface area contributed by atoms with Gasteiger partial charge in [-0.25, -0.2) is 0 Å². The van der Waals surface area contributed by atoms with Crippen molar-refractivity contribution in [3.05, 3.63) is 24.2 Å². The lowest BCUT2D eigenvalue weighted by molar-refractivity contribution is 0.0732. The predicted octanol–water partition coefficient (Wildman–Crippen LogP) is 3.30. The highest BCUT2D eigenvalue weighted by Crippen LogP contribution is 2.32. The second-order valence-corrected chi connectivity index (χ2v) is 9.39. The molecule has 6 nitrogen and oxygen atoms in total. The third-order valence-electron chi connectivity index (χ3n) is 4.70. The van der Waals surface area contributed by atoms with Crippen molar-refractivity contribution < 1.29 is 4.42 Å². The topological polar surface area (TPSA) is 59.1 Å². The number of piperidine rings is 1. The molecule has 7 heteroatoms. The van der Waals surface area contributed by atoms with E-state index >= 15 is 0 Å². The summed E-state index contributed by atoms with van der Waals surface area (Å²) in [6.07, 6.45) is 3.96. The fourth-order valence-electron chi connectivity index (χ4n) is 3.91. The molecule has 3 heterocycles. The van der Waals surface area contributed by atoms with Crippen LogP contribution in [0.3, 0.4) is 0 Å². The molecule has 1 saturated heterocycles. The molecule has 0 atom stereocenters. The molecule has 0 amide bonds. The van der Waals surface area contributed by atoms with Gasteiger partial charge in [0.25, 0.3) is 0 Å². The average molecular weight is 364 g/mol. The molecule has 1 aliphatic rings. The number of aryl methyl sites for hydroxylation is 1. The van der Waals surface area contributed by atoms with Gasteiger partial charge in [-0.2, -0.15) is 0 Å². The van der Waals surface area contributed by atoms with Crippen LogP contribution in [0.25, 0.3) is 0 Å². The molecule has 25 heavy (non-hydrogen) atoms. The maximum absolute atomic E-state index is 6.00. The zero-order valence-corrected chi connectivity index (χ0v) is 16.9. The van der Waals surface area contributed by atoms with Crippen LogP contribution in [-0.4, -0.2) is 43.8 Å². The molecule has 0 radical (unpaired) electrons. The van der Waals surface area contributed by atoms with Gasteiger partial charge in [-0.05, 0) is 71.5 Å². The highest BCUT2D eigenvalue weighted by molar-refractivity contribution is 7.99. The van der Waals surface area contributed by atoms with Gasteiger partial charge in [-0.1, -0.05) is 0 Å². The zero-order chi connectivity index (χ0) is 18.2. The van der Waals surface area contributed by atoms with E-state index in [2.05, 4.69) is 61.2 Å². The first-order chi connectivity index (χ1) is 11.6. The predicted molar refractivity (Wildman–Crippen MR) is 99.6 cm³/mol. The SMILES string of the molecule is CN(Cc1ccc(Sc2nncn2C)o1)C1CC(C)(C)NC(C)(C)C1. The van der Waals surface area contributed by atoms with E-state index in [0.717, 1.165) is 35.4 Å². The quantitative estimate of drug-likeness (QED) is 0.879. The summed E-state index contributed by atoms with van der Waals surface area (Å²) in [6, 6.07) is 4.61. The number of furan rings is 1. The Morgan fingerprint density at radius 2 is 1.96 bits per heavy atom. The Kier molecular flexibility index (Phi) is 5.01. The van der Waals surface area contributed by atoms with Crippen LogP contribution in [0.1, 0.15) is 46.3 Å². The molecule has 1 N–H and O–H groups in total. The first kappa shape index (κ1) is 18.5. The molecule has 2 aromatic heterocycles. The monoisotopic (exact) mass is 363 g/mol. The molecule has 138 valence electrons. The minimum atomic E-state index is 0.149. The van der Waals surface area contributed by atoms with E-state index in [1.54, 1.807) is 6.33 Å². The van der Waals surface area contributed by atoms with Crippen LogP contribution in [-0.2, 0) is 13.6 Å². The number of nitrogens with zero attached hydrogens (tertiary/aromatic N) is 4.